The van der Waals surface area contributed by atoms with Crippen LogP contribution >= 0.6 is 0 Å². The molecular weight excluding hydrogens is 455 g/mol. The van der Waals surface area contributed by atoms with Gasteiger partial charge in [-0.1, -0.05) is 0 Å². The van der Waals surface area contributed by atoms with Crippen molar-refractivity contribution in [1.82, 2.24) is 14.9 Å². The SMILES string of the molecule is O=C(NCC(F)(F)F)C1CCCN1C(=O)CCNS(=O)(=O)c1ccc2c(c1)OCCCO2. The lowest BCUT2D eigenvalue weighted by Gasteiger charge is -2.24. The second kappa shape index (κ2) is 9.94. The molecule has 9 nitrogen and oxygen atoms in total. The number of hydrogen-bond donors (Lipinski definition) is 2. The number of carbonyl (C=O) groups excluding carboxylic acids is 2. The fourth-order valence-electron chi connectivity index (χ4n) is 3.47. The molecule has 2 heterocycles. The molecule has 1 atom stereocenters. The number of ether oxygens (including phenoxy) is 2. The number of rotatable bonds is 7. The molecule has 0 radical (unpaired) electrons. The van der Waals surface area contributed by atoms with Gasteiger partial charge in [-0.3, -0.25) is 9.59 Å². The van der Waals surface area contributed by atoms with Crippen molar-refractivity contribution in [1.29, 1.82) is 0 Å². The number of hydrogen-bond acceptors (Lipinski definition) is 6. The van der Waals surface area contributed by atoms with Crippen molar-refractivity contribution < 1.29 is 40.7 Å². The summed E-state index contributed by atoms with van der Waals surface area (Å²) in [6.45, 7) is -0.627. The monoisotopic (exact) mass is 479 g/mol. The number of alkyl halides is 3. The summed E-state index contributed by atoms with van der Waals surface area (Å²) in [5.74, 6) is -0.635. The summed E-state index contributed by atoms with van der Waals surface area (Å²) < 4.78 is 75.3. The van der Waals surface area contributed by atoms with Crippen LogP contribution < -0.4 is 19.5 Å². The number of nitrogens with zero attached hydrogens (tertiary/aromatic N) is 1. The normalized spacial score (nSPS) is 18.8. The van der Waals surface area contributed by atoms with Gasteiger partial charge in [0.1, 0.15) is 12.6 Å². The van der Waals surface area contributed by atoms with Crippen molar-refractivity contribution in [2.45, 2.75) is 42.8 Å². The van der Waals surface area contributed by atoms with Crippen molar-refractivity contribution >= 4 is 21.8 Å². The Morgan fingerprint density at radius 2 is 1.84 bits per heavy atom. The molecule has 0 saturated carbocycles. The minimum Gasteiger partial charge on any atom is -0.490 e. The van der Waals surface area contributed by atoms with E-state index in [-0.39, 0.29) is 30.8 Å². The van der Waals surface area contributed by atoms with Crippen LogP contribution in [-0.2, 0) is 19.6 Å². The fraction of sp³-hybridized carbons (Fsp3) is 0.579. The van der Waals surface area contributed by atoms with E-state index in [1.165, 1.54) is 23.1 Å². The van der Waals surface area contributed by atoms with Crippen molar-refractivity contribution in [3.8, 4) is 11.5 Å². The standard InChI is InChI=1S/C19H24F3N3O6S/c20-19(21,22)12-23-18(27)14-3-1-8-25(14)17(26)6-7-24-32(28,29)13-4-5-15-16(11-13)31-10-2-9-30-15/h4-5,11,14,24H,1-3,6-10,12H2,(H,23,27). The van der Waals surface area contributed by atoms with Crippen molar-refractivity contribution in [3.63, 3.8) is 0 Å². The summed E-state index contributed by atoms with van der Waals surface area (Å²) in [7, 11) is -3.94. The number of benzene rings is 1. The van der Waals surface area contributed by atoms with Gasteiger partial charge in [0, 0.05) is 32.0 Å². The molecular formula is C19H24F3N3O6S. The van der Waals surface area contributed by atoms with Gasteiger partial charge in [0.25, 0.3) is 0 Å². The summed E-state index contributed by atoms with van der Waals surface area (Å²) in [6, 6.07) is 3.20. The van der Waals surface area contributed by atoms with Crippen molar-refractivity contribution in [2.75, 3.05) is 32.8 Å². The summed E-state index contributed by atoms with van der Waals surface area (Å²) in [6.07, 6.45) is -3.40. The van der Waals surface area contributed by atoms with Crippen LogP contribution in [0.1, 0.15) is 25.7 Å². The average Bonchev–Trinajstić information content (AvgIpc) is 3.10. The number of halogens is 3. The summed E-state index contributed by atoms with van der Waals surface area (Å²) >= 11 is 0. The van der Waals surface area contributed by atoms with Gasteiger partial charge in [-0.2, -0.15) is 13.2 Å². The first-order valence-corrected chi connectivity index (χ1v) is 11.6. The summed E-state index contributed by atoms with van der Waals surface area (Å²) in [5, 5.41) is 1.79. The van der Waals surface area contributed by atoms with Crippen LogP contribution in [0.2, 0.25) is 0 Å². The molecule has 2 aliphatic heterocycles. The smallest absolute Gasteiger partial charge is 0.405 e. The second-order valence-corrected chi connectivity index (χ2v) is 9.15. The predicted octanol–water partition coefficient (Wildman–Crippen LogP) is 1.19. The highest BCUT2D eigenvalue weighted by atomic mass is 32.2. The maximum atomic E-state index is 12.6. The number of nitrogens with one attached hydrogen (secondary N) is 2. The maximum Gasteiger partial charge on any atom is 0.405 e. The first-order chi connectivity index (χ1) is 15.1. The third-order valence-corrected chi connectivity index (χ3v) is 6.46. The minimum absolute atomic E-state index is 0.0558. The van der Waals surface area contributed by atoms with Gasteiger partial charge in [0.2, 0.25) is 21.8 Å². The van der Waals surface area contributed by atoms with E-state index in [1.54, 1.807) is 5.32 Å². The van der Waals surface area contributed by atoms with E-state index in [1.807, 2.05) is 0 Å². The van der Waals surface area contributed by atoms with Crippen LogP contribution in [0.4, 0.5) is 13.2 Å². The van der Waals surface area contributed by atoms with Gasteiger partial charge in [-0.25, -0.2) is 13.1 Å². The number of likely N-dealkylation sites (tertiary alicyclic amines) is 1. The number of carbonyl (C=O) groups is 2. The zero-order valence-corrected chi connectivity index (χ0v) is 17.9. The molecule has 1 aromatic carbocycles. The molecule has 0 bridgehead atoms. The molecule has 0 spiro atoms. The zero-order valence-electron chi connectivity index (χ0n) is 17.1. The van der Waals surface area contributed by atoms with Gasteiger partial charge in [0.15, 0.2) is 11.5 Å². The maximum absolute atomic E-state index is 12.6. The first kappa shape index (κ1) is 24.1. The Hall–Kier alpha value is -2.54. The van der Waals surface area contributed by atoms with Crippen LogP contribution in [-0.4, -0.2) is 70.2 Å². The van der Waals surface area contributed by atoms with E-state index in [9.17, 15) is 31.2 Å². The molecule has 2 amide bonds. The van der Waals surface area contributed by atoms with Crippen LogP contribution in [0.15, 0.2) is 23.1 Å². The third-order valence-electron chi connectivity index (χ3n) is 5.00. The highest BCUT2D eigenvalue weighted by Crippen LogP contribution is 2.31. The van der Waals surface area contributed by atoms with Crippen molar-refractivity contribution in [3.05, 3.63) is 18.2 Å². The molecule has 32 heavy (non-hydrogen) atoms. The van der Waals surface area contributed by atoms with Crippen LogP contribution in [0.5, 0.6) is 11.5 Å². The van der Waals surface area contributed by atoms with Gasteiger partial charge >= 0.3 is 6.18 Å². The number of fused-ring (bicyclic) bond motifs is 1. The molecule has 1 fully saturated rings. The predicted molar refractivity (Wildman–Crippen MR) is 106 cm³/mol. The molecule has 1 unspecified atom stereocenters. The van der Waals surface area contributed by atoms with E-state index in [4.69, 9.17) is 9.47 Å². The lowest BCUT2D eigenvalue weighted by atomic mass is 10.2. The van der Waals surface area contributed by atoms with Gasteiger partial charge in [-0.15, -0.1) is 0 Å². The Morgan fingerprint density at radius 3 is 2.56 bits per heavy atom. The lowest BCUT2D eigenvalue weighted by Crippen LogP contribution is -2.48. The largest absolute Gasteiger partial charge is 0.490 e. The molecule has 2 N–H and O–H groups in total. The second-order valence-electron chi connectivity index (χ2n) is 7.38. The molecule has 13 heteroatoms. The Kier molecular flexibility index (Phi) is 7.49. The van der Waals surface area contributed by atoms with E-state index in [0.717, 1.165) is 0 Å². The Morgan fingerprint density at radius 1 is 1.12 bits per heavy atom. The van der Waals surface area contributed by atoms with Crippen LogP contribution in [0, 0.1) is 0 Å². The Labute approximate surface area is 183 Å². The number of amides is 2. The van der Waals surface area contributed by atoms with Gasteiger partial charge in [-0.05, 0) is 25.0 Å². The summed E-state index contributed by atoms with van der Waals surface area (Å²) in [4.78, 5) is 25.6. The molecule has 2 aliphatic rings. The topological polar surface area (TPSA) is 114 Å². The highest BCUT2D eigenvalue weighted by molar-refractivity contribution is 7.89. The third kappa shape index (κ3) is 6.25. The molecule has 1 saturated heterocycles. The Bertz CT molecular complexity index is 954. The lowest BCUT2D eigenvalue weighted by molar-refractivity contribution is -0.144. The van der Waals surface area contributed by atoms with E-state index < -0.39 is 40.6 Å². The fourth-order valence-corrected chi connectivity index (χ4v) is 4.52. The molecule has 0 aliphatic carbocycles. The quantitative estimate of drug-likeness (QED) is 0.607. The zero-order chi connectivity index (χ0) is 23.4. The van der Waals surface area contributed by atoms with Gasteiger partial charge < -0.3 is 19.7 Å². The van der Waals surface area contributed by atoms with Gasteiger partial charge in [0.05, 0.1) is 18.1 Å². The van der Waals surface area contributed by atoms with Crippen molar-refractivity contribution in [2.24, 2.45) is 0 Å². The molecule has 3 rings (SSSR count). The van der Waals surface area contributed by atoms with E-state index in [0.29, 0.717) is 37.6 Å². The average molecular weight is 479 g/mol. The van der Waals surface area contributed by atoms with E-state index >= 15 is 0 Å². The first-order valence-electron chi connectivity index (χ1n) is 10.1. The van der Waals surface area contributed by atoms with Crippen LogP contribution in [0.25, 0.3) is 0 Å². The molecule has 178 valence electrons. The van der Waals surface area contributed by atoms with E-state index in [2.05, 4.69) is 4.72 Å². The highest BCUT2D eigenvalue weighted by Gasteiger charge is 2.36. The molecule has 1 aromatic rings. The minimum atomic E-state index is -4.55. The van der Waals surface area contributed by atoms with Crippen LogP contribution in [0.3, 0.4) is 0 Å². The summed E-state index contributed by atoms with van der Waals surface area (Å²) in [5.41, 5.74) is 0. The molecule has 0 aromatic heterocycles. The number of sulfonamides is 1. The Balaban J connectivity index is 1.54.